The number of rotatable bonds is 4. The fourth-order valence-corrected chi connectivity index (χ4v) is 7.82. The summed E-state index contributed by atoms with van der Waals surface area (Å²) in [7, 11) is 1.60. The highest BCUT2D eigenvalue weighted by Crippen LogP contribution is 2.46. The topological polar surface area (TPSA) is 54.8 Å². The van der Waals surface area contributed by atoms with Gasteiger partial charge in [0.1, 0.15) is 7.11 Å². The number of piperidine rings is 1. The van der Waals surface area contributed by atoms with Gasteiger partial charge in [-0.25, -0.2) is 0 Å². The van der Waals surface area contributed by atoms with Crippen molar-refractivity contribution >= 4 is 55.1 Å². The third kappa shape index (κ3) is 5.68. The molecule has 8 heteroatoms. The van der Waals surface area contributed by atoms with Gasteiger partial charge in [-0.05, 0) is 114 Å². The SMILES string of the molecule is CON=C1CCC(CC(=O)N2CCC([C@H]3c4ncc(Br)cc4CCc4cc(Cl)cc(Br)c43)CC2)CC1. The van der Waals surface area contributed by atoms with Crippen LogP contribution in [-0.4, -0.2) is 41.7 Å². The van der Waals surface area contributed by atoms with E-state index in [1.807, 2.05) is 12.3 Å². The van der Waals surface area contributed by atoms with Gasteiger partial charge >= 0.3 is 0 Å². The second kappa shape index (κ2) is 11.5. The first-order valence-corrected chi connectivity index (χ1v) is 14.9. The lowest BCUT2D eigenvalue weighted by Gasteiger charge is -2.37. The zero-order chi connectivity index (χ0) is 25.2. The van der Waals surface area contributed by atoms with Crippen LogP contribution >= 0.6 is 43.5 Å². The van der Waals surface area contributed by atoms with Crippen LogP contribution in [0.5, 0.6) is 0 Å². The van der Waals surface area contributed by atoms with Crippen LogP contribution in [0.25, 0.3) is 0 Å². The van der Waals surface area contributed by atoms with E-state index < -0.39 is 0 Å². The van der Waals surface area contributed by atoms with Crippen LogP contribution in [0.15, 0.2) is 38.5 Å². The molecule has 0 N–H and O–H groups in total. The zero-order valence-electron chi connectivity index (χ0n) is 20.6. The van der Waals surface area contributed by atoms with E-state index in [1.54, 1.807) is 7.11 Å². The van der Waals surface area contributed by atoms with Crippen LogP contribution in [-0.2, 0) is 22.5 Å². The Morgan fingerprint density at radius 2 is 1.81 bits per heavy atom. The monoisotopic (exact) mass is 635 g/mol. The summed E-state index contributed by atoms with van der Waals surface area (Å²) < 4.78 is 2.09. The second-order valence-corrected chi connectivity index (χ2v) is 12.5. The highest BCUT2D eigenvalue weighted by molar-refractivity contribution is 9.10. The number of benzene rings is 1. The van der Waals surface area contributed by atoms with Crippen molar-refractivity contribution < 1.29 is 9.63 Å². The molecule has 2 aromatic rings. The number of carbonyl (C=O) groups is 1. The van der Waals surface area contributed by atoms with Crippen LogP contribution in [0.3, 0.4) is 0 Å². The molecule has 1 amide bonds. The molecule has 36 heavy (non-hydrogen) atoms. The molecular formula is C28H32Br2ClN3O2. The molecule has 0 unspecified atom stereocenters. The van der Waals surface area contributed by atoms with Crippen molar-refractivity contribution in [1.29, 1.82) is 0 Å². The third-order valence-corrected chi connectivity index (χ3v) is 9.46. The molecule has 3 aliphatic rings. The van der Waals surface area contributed by atoms with Crippen LogP contribution in [0.1, 0.15) is 73.2 Å². The fraction of sp³-hybridized carbons (Fsp3) is 0.536. The Hall–Kier alpha value is -1.44. The lowest BCUT2D eigenvalue weighted by molar-refractivity contribution is -0.133. The van der Waals surface area contributed by atoms with E-state index in [0.717, 1.165) is 84.1 Å². The van der Waals surface area contributed by atoms with Gasteiger partial charge in [0, 0.05) is 45.6 Å². The van der Waals surface area contributed by atoms with Crippen LogP contribution in [0, 0.1) is 11.8 Å². The van der Waals surface area contributed by atoms with Crippen LogP contribution in [0.4, 0.5) is 0 Å². The second-order valence-electron chi connectivity index (χ2n) is 10.3. The predicted octanol–water partition coefficient (Wildman–Crippen LogP) is 7.31. The van der Waals surface area contributed by atoms with Crippen molar-refractivity contribution in [2.24, 2.45) is 17.0 Å². The molecule has 1 aromatic carbocycles. The molecule has 192 valence electrons. The lowest BCUT2D eigenvalue weighted by Crippen LogP contribution is -2.41. The number of aromatic nitrogens is 1. The maximum absolute atomic E-state index is 13.2. The van der Waals surface area contributed by atoms with E-state index >= 15 is 0 Å². The Kier molecular flexibility index (Phi) is 8.38. The first-order valence-electron chi connectivity index (χ1n) is 12.9. The van der Waals surface area contributed by atoms with Crippen molar-refractivity contribution in [1.82, 2.24) is 9.88 Å². The Morgan fingerprint density at radius 3 is 2.53 bits per heavy atom. The lowest BCUT2D eigenvalue weighted by atomic mass is 9.76. The number of pyridine rings is 1. The van der Waals surface area contributed by atoms with Gasteiger partial charge < -0.3 is 9.74 Å². The Balaban J connectivity index is 1.31. The third-order valence-electron chi connectivity index (χ3n) is 8.15. The largest absolute Gasteiger partial charge is 0.399 e. The summed E-state index contributed by atoms with van der Waals surface area (Å²) >= 11 is 13.9. The molecule has 1 atom stereocenters. The van der Waals surface area contributed by atoms with Crippen molar-refractivity contribution in [3.8, 4) is 0 Å². The van der Waals surface area contributed by atoms with E-state index in [9.17, 15) is 4.79 Å². The molecule has 0 spiro atoms. The van der Waals surface area contributed by atoms with Gasteiger partial charge in [-0.2, -0.15) is 0 Å². The highest BCUT2D eigenvalue weighted by atomic mass is 79.9. The van der Waals surface area contributed by atoms with E-state index in [4.69, 9.17) is 21.4 Å². The summed E-state index contributed by atoms with van der Waals surface area (Å²) in [5.74, 6) is 1.39. The molecule has 1 aromatic heterocycles. The summed E-state index contributed by atoms with van der Waals surface area (Å²) in [5, 5.41) is 4.86. The van der Waals surface area contributed by atoms with Crippen molar-refractivity contribution in [2.45, 2.75) is 63.7 Å². The predicted molar refractivity (Wildman–Crippen MR) is 151 cm³/mol. The van der Waals surface area contributed by atoms with E-state index in [2.05, 4.69) is 54.0 Å². The number of halogens is 3. The minimum atomic E-state index is 0.200. The molecule has 5 nitrogen and oxygen atoms in total. The number of likely N-dealkylation sites (tertiary alicyclic amines) is 1. The zero-order valence-corrected chi connectivity index (χ0v) is 24.5. The Morgan fingerprint density at radius 1 is 1.08 bits per heavy atom. The molecule has 1 saturated carbocycles. The van der Waals surface area contributed by atoms with Gasteiger partial charge in [-0.15, -0.1) is 0 Å². The molecule has 5 rings (SSSR count). The van der Waals surface area contributed by atoms with Crippen LogP contribution < -0.4 is 0 Å². The number of nitrogens with zero attached hydrogens (tertiary/aromatic N) is 3. The highest BCUT2D eigenvalue weighted by Gasteiger charge is 2.36. The number of hydrogen-bond donors (Lipinski definition) is 0. The maximum Gasteiger partial charge on any atom is 0.222 e. The summed E-state index contributed by atoms with van der Waals surface area (Å²) in [4.78, 5) is 25.1. The normalized spacial score (nSPS) is 22.4. The standard InChI is InChI=1S/C28H32Br2ClN3O2/c1-36-33-23-6-2-17(3-7-23)12-25(35)34-10-8-18(9-11-34)27-26-19(14-22(31)15-24(26)30)4-5-20-13-21(29)16-32-28(20)27/h13-18,27H,2-12H2,1H3/t17?,27-/m1/s1. The Bertz CT molecular complexity index is 1150. The van der Waals surface area contributed by atoms with Gasteiger partial charge in [0.25, 0.3) is 0 Å². The molecule has 0 bridgehead atoms. The molecule has 2 aliphatic carbocycles. The molecule has 0 radical (unpaired) electrons. The van der Waals surface area contributed by atoms with Gasteiger partial charge in [0.05, 0.1) is 11.4 Å². The fourth-order valence-electron chi connectivity index (χ4n) is 6.32. The minimum Gasteiger partial charge on any atom is -0.399 e. The maximum atomic E-state index is 13.2. The average molecular weight is 638 g/mol. The molecule has 1 aliphatic heterocycles. The summed E-state index contributed by atoms with van der Waals surface area (Å²) in [6, 6.07) is 6.37. The van der Waals surface area contributed by atoms with Crippen molar-refractivity contribution in [3.05, 3.63) is 60.7 Å². The van der Waals surface area contributed by atoms with E-state index in [0.29, 0.717) is 24.2 Å². The summed E-state index contributed by atoms with van der Waals surface area (Å²) in [6.45, 7) is 1.63. The van der Waals surface area contributed by atoms with E-state index in [-0.39, 0.29) is 5.92 Å². The minimum absolute atomic E-state index is 0.200. The van der Waals surface area contributed by atoms with Gasteiger partial charge in [-0.3, -0.25) is 9.78 Å². The number of aryl methyl sites for hydroxylation is 2. The van der Waals surface area contributed by atoms with Crippen molar-refractivity contribution in [2.75, 3.05) is 20.2 Å². The molecule has 2 heterocycles. The molecular weight excluding hydrogens is 606 g/mol. The smallest absolute Gasteiger partial charge is 0.222 e. The summed E-state index contributed by atoms with van der Waals surface area (Å²) in [5.41, 5.74) is 6.24. The van der Waals surface area contributed by atoms with Crippen molar-refractivity contribution in [3.63, 3.8) is 0 Å². The number of hydrogen-bond acceptors (Lipinski definition) is 4. The quantitative estimate of drug-likeness (QED) is 0.331. The van der Waals surface area contributed by atoms with Gasteiger partial charge in [-0.1, -0.05) is 32.7 Å². The average Bonchev–Trinajstić information content (AvgIpc) is 3.02. The molecule has 2 fully saturated rings. The first-order chi connectivity index (χ1) is 17.4. The number of carbonyl (C=O) groups excluding carboxylic acids is 1. The van der Waals surface area contributed by atoms with Crippen LogP contribution in [0.2, 0.25) is 5.02 Å². The van der Waals surface area contributed by atoms with Gasteiger partial charge in [0.15, 0.2) is 0 Å². The van der Waals surface area contributed by atoms with E-state index in [1.165, 1.54) is 22.4 Å². The number of amides is 1. The number of fused-ring (bicyclic) bond motifs is 2. The van der Waals surface area contributed by atoms with Gasteiger partial charge in [0.2, 0.25) is 5.91 Å². The Labute approximate surface area is 235 Å². The summed E-state index contributed by atoms with van der Waals surface area (Å²) in [6.07, 6.45) is 10.4. The number of oxime groups is 1. The molecule has 1 saturated heterocycles. The first kappa shape index (κ1) is 26.2.